The molecule has 4 N–H and O–H groups in total. The average molecular weight is 769 g/mol. The molecule has 294 valence electrons. The Morgan fingerprint density at radius 3 is 2.44 bits per heavy atom. The van der Waals surface area contributed by atoms with Crippen molar-refractivity contribution in [3.8, 4) is 11.6 Å². The van der Waals surface area contributed by atoms with Gasteiger partial charge in [0.05, 0.1) is 29.9 Å². The van der Waals surface area contributed by atoms with Crippen molar-refractivity contribution in [2.24, 2.45) is 17.3 Å². The van der Waals surface area contributed by atoms with E-state index in [9.17, 15) is 32.7 Å². The fourth-order valence-electron chi connectivity index (χ4n) is 7.24. The Bertz CT molecular complexity index is 1910. The Hall–Kier alpha value is -4.47. The van der Waals surface area contributed by atoms with Crippen LogP contribution in [0.5, 0.6) is 11.6 Å². The van der Waals surface area contributed by atoms with Crippen LogP contribution in [0.2, 0.25) is 0 Å². The third-order valence-electron chi connectivity index (χ3n) is 10.9. The van der Waals surface area contributed by atoms with Gasteiger partial charge in [-0.15, -0.1) is 6.58 Å². The van der Waals surface area contributed by atoms with Crippen LogP contribution >= 0.6 is 0 Å². The summed E-state index contributed by atoms with van der Waals surface area (Å²) < 4.78 is 39.5. The van der Waals surface area contributed by atoms with E-state index in [1.807, 2.05) is 12.1 Å². The first-order valence-electron chi connectivity index (χ1n) is 18.9. The second-order valence-electron chi connectivity index (χ2n) is 16.3. The molecule has 2 heterocycles. The van der Waals surface area contributed by atoms with Crippen LogP contribution in [-0.2, 0) is 30.8 Å². The Balaban J connectivity index is 1.27. The molecule has 3 aliphatic carbocycles. The normalized spacial score (nSPS) is 24.4. The highest BCUT2D eigenvalue weighted by molar-refractivity contribution is 7.91. The van der Waals surface area contributed by atoms with Gasteiger partial charge < -0.3 is 30.1 Å². The number of aromatic nitrogens is 2. The second kappa shape index (κ2) is 15.3. The fourth-order valence-corrected chi connectivity index (χ4v) is 8.60. The molecule has 5 atom stereocenters. The summed E-state index contributed by atoms with van der Waals surface area (Å²) >= 11 is 0. The van der Waals surface area contributed by atoms with Crippen LogP contribution in [0, 0.1) is 17.3 Å². The van der Waals surface area contributed by atoms with Crippen molar-refractivity contribution in [1.29, 1.82) is 0 Å². The number of fused-ring (bicyclic) bond motifs is 1. The summed E-state index contributed by atoms with van der Waals surface area (Å²) in [6.45, 7) is 8.79. The summed E-state index contributed by atoms with van der Waals surface area (Å²) in [5.41, 5.74) is -0.610. The van der Waals surface area contributed by atoms with E-state index < -0.39 is 74.1 Å². The molecule has 54 heavy (non-hydrogen) atoms. The highest BCUT2D eigenvalue weighted by Crippen LogP contribution is 2.45. The Kier molecular flexibility index (Phi) is 11.1. The molecule has 0 radical (unpaired) electrons. The van der Waals surface area contributed by atoms with Gasteiger partial charge in [-0.1, -0.05) is 59.0 Å². The lowest BCUT2D eigenvalue weighted by Crippen LogP contribution is -2.60. The van der Waals surface area contributed by atoms with Gasteiger partial charge in [0, 0.05) is 18.4 Å². The van der Waals surface area contributed by atoms with Gasteiger partial charge in [-0.05, 0) is 55.6 Å². The van der Waals surface area contributed by atoms with Gasteiger partial charge in [0.15, 0.2) is 0 Å². The van der Waals surface area contributed by atoms with Crippen LogP contribution in [0.1, 0.15) is 90.7 Å². The molecule has 4 fully saturated rings. The molecule has 4 amide bonds. The van der Waals surface area contributed by atoms with E-state index in [1.54, 1.807) is 33.9 Å². The molecule has 5 unspecified atom stereocenters. The topological polar surface area (TPSA) is 206 Å². The standard InChI is InChI=1S/C38H52N6O9S/c1-6-23-20-38(23,35(47)43-54(50,51)26-15-16-26)42-32(45)30-19-25(21-44(30)34(46)31(37(2,3)4)41-36(48)49)53-33-28(11-9-7-8-10-22-12-13-22)39-27-17-14-24(52-5)18-29(27)40-33/h6,14,17-18,22-23,25-26,30-31,41H,1,7-13,15-16,19-21H2,2-5H3,(H,42,45)(H,43,47)(H,48,49). The van der Waals surface area contributed by atoms with E-state index >= 15 is 0 Å². The van der Waals surface area contributed by atoms with Crippen LogP contribution in [0.4, 0.5) is 4.79 Å². The predicted molar refractivity (Wildman–Crippen MR) is 199 cm³/mol. The van der Waals surface area contributed by atoms with Crippen LogP contribution in [0.3, 0.4) is 0 Å². The predicted octanol–water partition coefficient (Wildman–Crippen LogP) is 3.85. The molecule has 3 saturated carbocycles. The number of carboxylic acid groups (broad SMARTS) is 1. The highest BCUT2D eigenvalue weighted by atomic mass is 32.2. The highest BCUT2D eigenvalue weighted by Gasteiger charge is 2.62. The summed E-state index contributed by atoms with van der Waals surface area (Å²) in [7, 11) is -2.36. The first-order valence-corrected chi connectivity index (χ1v) is 20.4. The minimum absolute atomic E-state index is 0.0169. The number of carbonyl (C=O) groups excluding carboxylic acids is 3. The zero-order valence-corrected chi connectivity index (χ0v) is 32.2. The van der Waals surface area contributed by atoms with Crippen molar-refractivity contribution in [3.05, 3.63) is 36.5 Å². The number of nitrogens with zero attached hydrogens (tertiary/aromatic N) is 3. The number of aryl methyl sites for hydroxylation is 1. The van der Waals surface area contributed by atoms with Gasteiger partial charge in [0.25, 0.3) is 5.91 Å². The first-order chi connectivity index (χ1) is 25.5. The Morgan fingerprint density at radius 2 is 1.83 bits per heavy atom. The van der Waals surface area contributed by atoms with Gasteiger partial charge in [-0.3, -0.25) is 19.1 Å². The van der Waals surface area contributed by atoms with Crippen LogP contribution in [0.25, 0.3) is 11.0 Å². The number of methoxy groups -OCH3 is 1. The molecule has 1 aromatic carbocycles. The molecule has 1 aromatic heterocycles. The van der Waals surface area contributed by atoms with E-state index in [4.69, 9.17) is 19.4 Å². The molecule has 6 rings (SSSR count). The summed E-state index contributed by atoms with van der Waals surface area (Å²) in [5, 5.41) is 14.1. The zero-order chi connectivity index (χ0) is 39.0. The fraction of sp³-hybridized carbons (Fsp3) is 0.632. The number of likely N-dealkylation sites (tertiary alicyclic amines) is 1. The SMILES string of the molecule is C=CC1CC1(NC(=O)C1CC(Oc2nc3cc(OC)ccc3nc2CCCCCC2CC2)CN1C(=O)C(NC(=O)O)C(C)(C)C)C(=O)NS(=O)(=O)C1CC1. The van der Waals surface area contributed by atoms with Crippen molar-refractivity contribution < 1.29 is 42.2 Å². The van der Waals surface area contributed by atoms with Gasteiger partial charge in [0.1, 0.15) is 35.2 Å². The van der Waals surface area contributed by atoms with E-state index in [2.05, 4.69) is 21.9 Å². The Morgan fingerprint density at radius 1 is 1.09 bits per heavy atom. The third kappa shape index (κ3) is 8.90. The van der Waals surface area contributed by atoms with Crippen molar-refractivity contribution in [2.45, 2.75) is 120 Å². The third-order valence-corrected chi connectivity index (χ3v) is 12.7. The minimum Gasteiger partial charge on any atom is -0.497 e. The van der Waals surface area contributed by atoms with Crippen molar-refractivity contribution in [1.82, 2.24) is 30.2 Å². The van der Waals surface area contributed by atoms with Crippen molar-refractivity contribution >= 4 is 44.9 Å². The zero-order valence-electron chi connectivity index (χ0n) is 31.4. The quantitative estimate of drug-likeness (QED) is 0.134. The number of benzene rings is 1. The van der Waals surface area contributed by atoms with Gasteiger partial charge in [-0.2, -0.15) is 0 Å². The number of ether oxygens (including phenoxy) is 2. The van der Waals surface area contributed by atoms with Crippen LogP contribution in [-0.4, -0.2) is 94.8 Å². The monoisotopic (exact) mass is 768 g/mol. The number of carbonyl (C=O) groups is 4. The molecule has 1 aliphatic heterocycles. The number of nitrogens with one attached hydrogen (secondary N) is 3. The number of amides is 4. The minimum atomic E-state index is -3.91. The molecule has 16 heteroatoms. The number of hydrogen-bond acceptors (Lipinski definition) is 10. The number of unbranched alkanes of at least 4 members (excludes halogenated alkanes) is 2. The van der Waals surface area contributed by atoms with E-state index in [0.29, 0.717) is 41.7 Å². The molecule has 15 nitrogen and oxygen atoms in total. The van der Waals surface area contributed by atoms with Crippen molar-refractivity contribution in [3.63, 3.8) is 0 Å². The van der Waals surface area contributed by atoms with Gasteiger partial charge in [-0.25, -0.2) is 23.2 Å². The molecule has 1 saturated heterocycles. The molecule has 0 spiro atoms. The lowest BCUT2D eigenvalue weighted by molar-refractivity contribution is -0.142. The second-order valence-corrected chi connectivity index (χ2v) is 18.2. The summed E-state index contributed by atoms with van der Waals surface area (Å²) in [4.78, 5) is 64.8. The maximum atomic E-state index is 14.3. The summed E-state index contributed by atoms with van der Waals surface area (Å²) in [5.74, 6) is -1.05. The number of sulfonamides is 1. The summed E-state index contributed by atoms with van der Waals surface area (Å²) in [6, 6.07) is 2.96. The molecular weight excluding hydrogens is 717 g/mol. The smallest absolute Gasteiger partial charge is 0.405 e. The Labute approximate surface area is 316 Å². The molecular formula is C38H52N6O9S. The van der Waals surface area contributed by atoms with Gasteiger partial charge >= 0.3 is 6.09 Å². The lowest BCUT2D eigenvalue weighted by atomic mass is 9.85. The van der Waals surface area contributed by atoms with E-state index in [1.165, 1.54) is 30.2 Å². The van der Waals surface area contributed by atoms with E-state index in [0.717, 1.165) is 25.2 Å². The maximum absolute atomic E-state index is 14.3. The van der Waals surface area contributed by atoms with Crippen LogP contribution < -0.4 is 24.8 Å². The maximum Gasteiger partial charge on any atom is 0.405 e. The lowest BCUT2D eigenvalue weighted by Gasteiger charge is -2.35. The van der Waals surface area contributed by atoms with E-state index in [-0.39, 0.29) is 25.3 Å². The van der Waals surface area contributed by atoms with Gasteiger partial charge in [0.2, 0.25) is 27.7 Å². The first kappa shape index (κ1) is 39.2. The summed E-state index contributed by atoms with van der Waals surface area (Å²) in [6.07, 6.45) is 7.80. The van der Waals surface area contributed by atoms with Crippen LogP contribution in [0.15, 0.2) is 30.9 Å². The number of rotatable bonds is 17. The largest absolute Gasteiger partial charge is 0.497 e. The van der Waals surface area contributed by atoms with Crippen molar-refractivity contribution in [2.75, 3.05) is 13.7 Å². The molecule has 4 aliphatic rings. The average Bonchev–Trinajstić information content (AvgIpc) is 4.00. The number of hydrogen-bond donors (Lipinski definition) is 4. The molecule has 2 aromatic rings. The molecule has 0 bridgehead atoms.